The summed E-state index contributed by atoms with van der Waals surface area (Å²) in [6.07, 6.45) is 2.35. The molecule has 0 saturated heterocycles. The first kappa shape index (κ1) is 12.3. The molecule has 1 atom stereocenters. The van der Waals surface area contributed by atoms with E-state index in [1.54, 1.807) is 0 Å². The summed E-state index contributed by atoms with van der Waals surface area (Å²) < 4.78 is 1.17. The van der Waals surface area contributed by atoms with Crippen LogP contribution in [-0.4, -0.2) is 4.83 Å². The van der Waals surface area contributed by atoms with Gasteiger partial charge in [-0.3, -0.25) is 0 Å². The topological polar surface area (TPSA) is 0 Å². The molecule has 1 aromatic carbocycles. The van der Waals surface area contributed by atoms with Crippen molar-refractivity contribution in [2.24, 2.45) is 5.92 Å². The molecule has 1 aromatic rings. The van der Waals surface area contributed by atoms with Crippen molar-refractivity contribution >= 4 is 31.9 Å². The van der Waals surface area contributed by atoms with E-state index in [2.05, 4.69) is 70.0 Å². The second-order valence-corrected chi connectivity index (χ2v) is 6.02. The molecule has 0 radical (unpaired) electrons. The molecular weight excluding hydrogens is 304 g/mol. The van der Waals surface area contributed by atoms with Crippen LogP contribution in [0.2, 0.25) is 0 Å². The van der Waals surface area contributed by atoms with Gasteiger partial charge in [0.05, 0.1) is 0 Å². The van der Waals surface area contributed by atoms with E-state index in [0.717, 1.165) is 6.42 Å². The van der Waals surface area contributed by atoms with E-state index in [1.807, 2.05) is 0 Å². The van der Waals surface area contributed by atoms with Crippen molar-refractivity contribution in [1.29, 1.82) is 0 Å². The van der Waals surface area contributed by atoms with Gasteiger partial charge in [0.25, 0.3) is 0 Å². The van der Waals surface area contributed by atoms with Gasteiger partial charge in [0, 0.05) is 9.30 Å². The maximum atomic E-state index is 3.71. The fraction of sp³-hybridized carbons (Fsp3) is 0.500. The lowest BCUT2D eigenvalue weighted by Gasteiger charge is -2.13. The Labute approximate surface area is 103 Å². The first-order valence-electron chi connectivity index (χ1n) is 4.98. The van der Waals surface area contributed by atoms with Crippen LogP contribution >= 0.6 is 31.9 Å². The predicted molar refractivity (Wildman–Crippen MR) is 70.0 cm³/mol. The van der Waals surface area contributed by atoms with Crippen LogP contribution in [0, 0.1) is 5.92 Å². The molecule has 1 rings (SSSR count). The van der Waals surface area contributed by atoms with Crippen molar-refractivity contribution in [2.75, 3.05) is 0 Å². The lowest BCUT2D eigenvalue weighted by atomic mass is 10.0. The molecule has 78 valence electrons. The Morgan fingerprint density at radius 1 is 1.29 bits per heavy atom. The van der Waals surface area contributed by atoms with E-state index in [9.17, 15) is 0 Å². The summed E-state index contributed by atoms with van der Waals surface area (Å²) in [6, 6.07) is 8.54. The molecule has 0 aliphatic rings. The minimum Gasteiger partial charge on any atom is -0.0888 e. The Bertz CT molecular complexity index is 281. The molecule has 1 unspecified atom stereocenters. The second kappa shape index (κ2) is 5.92. The molecule has 0 saturated carbocycles. The summed E-state index contributed by atoms with van der Waals surface area (Å²) in [7, 11) is 0. The molecule has 0 fully saturated rings. The first-order valence-corrected chi connectivity index (χ1v) is 6.69. The Morgan fingerprint density at radius 3 is 2.57 bits per heavy atom. The smallest absolute Gasteiger partial charge is 0.0177 e. The summed E-state index contributed by atoms with van der Waals surface area (Å²) in [5, 5.41) is 0. The number of alkyl halides is 1. The van der Waals surface area contributed by atoms with Gasteiger partial charge in [-0.15, -0.1) is 0 Å². The van der Waals surface area contributed by atoms with Crippen molar-refractivity contribution in [2.45, 2.75) is 31.5 Å². The van der Waals surface area contributed by atoms with Crippen molar-refractivity contribution in [3.8, 4) is 0 Å². The Hall–Kier alpha value is 0.180. The molecule has 0 N–H and O–H groups in total. The maximum absolute atomic E-state index is 3.71. The SMILES string of the molecule is CC(C)C(Br)CCc1cccc(Br)c1. The molecule has 0 amide bonds. The van der Waals surface area contributed by atoms with Crippen LogP contribution in [0.5, 0.6) is 0 Å². The molecule has 0 aromatic heterocycles. The summed E-state index contributed by atoms with van der Waals surface area (Å²) in [5.74, 6) is 0.710. The predicted octanol–water partition coefficient (Wildman–Crippen LogP) is 4.80. The minimum atomic E-state index is 0.626. The standard InChI is InChI=1S/C12H16Br2/c1-9(2)12(14)7-6-10-4-3-5-11(13)8-10/h3-5,8-9,12H,6-7H2,1-2H3. The number of halogens is 2. The lowest BCUT2D eigenvalue weighted by Crippen LogP contribution is -2.08. The second-order valence-electron chi connectivity index (χ2n) is 3.93. The van der Waals surface area contributed by atoms with E-state index >= 15 is 0 Å². The molecule has 0 spiro atoms. The Balaban J connectivity index is 2.45. The molecule has 0 nitrogen and oxygen atoms in total. The van der Waals surface area contributed by atoms with Gasteiger partial charge in [0.2, 0.25) is 0 Å². The van der Waals surface area contributed by atoms with Gasteiger partial charge in [0.1, 0.15) is 0 Å². The highest BCUT2D eigenvalue weighted by Crippen LogP contribution is 2.20. The maximum Gasteiger partial charge on any atom is 0.0177 e. The van der Waals surface area contributed by atoms with E-state index in [1.165, 1.54) is 16.5 Å². The Kier molecular flexibility index (Phi) is 5.18. The van der Waals surface area contributed by atoms with E-state index in [4.69, 9.17) is 0 Å². The highest BCUT2D eigenvalue weighted by atomic mass is 79.9. The van der Waals surface area contributed by atoms with Gasteiger partial charge in [-0.2, -0.15) is 0 Å². The third kappa shape index (κ3) is 4.14. The van der Waals surface area contributed by atoms with E-state index in [0.29, 0.717) is 10.7 Å². The van der Waals surface area contributed by atoms with Crippen LogP contribution < -0.4 is 0 Å². The van der Waals surface area contributed by atoms with Gasteiger partial charge in [0.15, 0.2) is 0 Å². The van der Waals surface area contributed by atoms with Gasteiger partial charge in [-0.1, -0.05) is 57.8 Å². The first-order chi connectivity index (χ1) is 6.59. The number of benzene rings is 1. The van der Waals surface area contributed by atoms with Crippen LogP contribution in [0.3, 0.4) is 0 Å². The van der Waals surface area contributed by atoms with Gasteiger partial charge < -0.3 is 0 Å². The summed E-state index contributed by atoms with van der Waals surface area (Å²) in [6.45, 7) is 4.50. The van der Waals surface area contributed by atoms with Gasteiger partial charge >= 0.3 is 0 Å². The number of hydrogen-bond donors (Lipinski definition) is 0. The normalized spacial score (nSPS) is 13.2. The van der Waals surface area contributed by atoms with E-state index < -0.39 is 0 Å². The average Bonchev–Trinajstić information content (AvgIpc) is 2.14. The molecule has 2 heteroatoms. The van der Waals surface area contributed by atoms with Crippen molar-refractivity contribution in [3.63, 3.8) is 0 Å². The van der Waals surface area contributed by atoms with Gasteiger partial charge in [-0.25, -0.2) is 0 Å². The number of hydrogen-bond acceptors (Lipinski definition) is 0. The molecular formula is C12H16Br2. The monoisotopic (exact) mass is 318 g/mol. The van der Waals surface area contributed by atoms with E-state index in [-0.39, 0.29) is 0 Å². The molecule has 14 heavy (non-hydrogen) atoms. The van der Waals surface area contributed by atoms with Crippen LogP contribution in [0.4, 0.5) is 0 Å². The highest BCUT2D eigenvalue weighted by molar-refractivity contribution is 9.10. The summed E-state index contributed by atoms with van der Waals surface area (Å²) >= 11 is 7.19. The number of rotatable bonds is 4. The third-order valence-electron chi connectivity index (χ3n) is 2.32. The van der Waals surface area contributed by atoms with Crippen LogP contribution in [0.25, 0.3) is 0 Å². The van der Waals surface area contributed by atoms with Gasteiger partial charge in [-0.05, 0) is 36.5 Å². The average molecular weight is 320 g/mol. The quantitative estimate of drug-likeness (QED) is 0.699. The molecule has 0 bridgehead atoms. The third-order valence-corrected chi connectivity index (χ3v) is 4.33. The minimum absolute atomic E-state index is 0.626. The molecule has 0 heterocycles. The largest absolute Gasteiger partial charge is 0.0888 e. The molecule has 0 aliphatic heterocycles. The fourth-order valence-corrected chi connectivity index (χ4v) is 2.01. The van der Waals surface area contributed by atoms with Crippen LogP contribution in [-0.2, 0) is 6.42 Å². The summed E-state index contributed by atoms with van der Waals surface area (Å²) in [5.41, 5.74) is 1.41. The van der Waals surface area contributed by atoms with Crippen LogP contribution in [0.1, 0.15) is 25.8 Å². The van der Waals surface area contributed by atoms with Crippen molar-refractivity contribution < 1.29 is 0 Å². The number of aryl methyl sites for hydroxylation is 1. The molecule has 0 aliphatic carbocycles. The zero-order valence-electron chi connectivity index (χ0n) is 8.63. The Morgan fingerprint density at radius 2 is 2.00 bits per heavy atom. The lowest BCUT2D eigenvalue weighted by molar-refractivity contribution is 0.582. The zero-order valence-corrected chi connectivity index (χ0v) is 11.8. The highest BCUT2D eigenvalue weighted by Gasteiger charge is 2.08. The zero-order chi connectivity index (χ0) is 10.6. The summed E-state index contributed by atoms with van der Waals surface area (Å²) in [4.78, 5) is 0.626. The fourth-order valence-electron chi connectivity index (χ4n) is 1.33. The van der Waals surface area contributed by atoms with Crippen molar-refractivity contribution in [1.82, 2.24) is 0 Å². The van der Waals surface area contributed by atoms with Crippen molar-refractivity contribution in [3.05, 3.63) is 34.3 Å². The van der Waals surface area contributed by atoms with Crippen LogP contribution in [0.15, 0.2) is 28.7 Å².